The summed E-state index contributed by atoms with van der Waals surface area (Å²) in [6.45, 7) is 4.27. The van der Waals surface area contributed by atoms with Crippen molar-refractivity contribution in [1.29, 1.82) is 0 Å². The van der Waals surface area contributed by atoms with Gasteiger partial charge in [-0.1, -0.05) is 41.4 Å². The van der Waals surface area contributed by atoms with E-state index in [0.29, 0.717) is 10.0 Å². The maximum absolute atomic E-state index is 6.14. The van der Waals surface area contributed by atoms with Gasteiger partial charge in [-0.05, 0) is 65.7 Å². The van der Waals surface area contributed by atoms with Crippen LogP contribution in [0.2, 0.25) is 10.0 Å². The van der Waals surface area contributed by atoms with E-state index in [-0.39, 0.29) is 12.1 Å². The summed E-state index contributed by atoms with van der Waals surface area (Å²) in [5.74, 6) is 0. The number of benzene rings is 2. The molecule has 1 heterocycles. The van der Waals surface area contributed by atoms with E-state index >= 15 is 0 Å². The lowest BCUT2D eigenvalue weighted by Crippen LogP contribution is -2.18. The SMILES string of the molecule is CC(C)n1c(C(Nc2cccc(Cl)c2)c2ccc(Cl)cc2)cnc1Br. The third kappa shape index (κ3) is 4.20. The number of halogens is 3. The molecule has 3 nitrogen and oxygen atoms in total. The number of hydrogen-bond acceptors (Lipinski definition) is 2. The van der Waals surface area contributed by atoms with Gasteiger partial charge in [0, 0.05) is 21.8 Å². The van der Waals surface area contributed by atoms with E-state index in [1.54, 1.807) is 0 Å². The fourth-order valence-electron chi connectivity index (χ4n) is 2.80. The first kappa shape index (κ1) is 18.3. The fourth-order valence-corrected chi connectivity index (χ4v) is 3.84. The minimum absolute atomic E-state index is 0.0862. The van der Waals surface area contributed by atoms with Crippen LogP contribution in [-0.2, 0) is 0 Å². The molecule has 0 fully saturated rings. The van der Waals surface area contributed by atoms with Crippen molar-refractivity contribution < 1.29 is 0 Å². The van der Waals surface area contributed by atoms with Gasteiger partial charge < -0.3 is 9.88 Å². The first-order valence-corrected chi connectivity index (χ1v) is 9.51. The minimum atomic E-state index is -0.0862. The topological polar surface area (TPSA) is 29.9 Å². The van der Waals surface area contributed by atoms with Gasteiger partial charge in [0.05, 0.1) is 17.9 Å². The highest BCUT2D eigenvalue weighted by molar-refractivity contribution is 9.10. The van der Waals surface area contributed by atoms with E-state index in [1.165, 1.54) is 0 Å². The van der Waals surface area contributed by atoms with Gasteiger partial charge in [0.1, 0.15) is 0 Å². The van der Waals surface area contributed by atoms with Crippen LogP contribution in [-0.4, -0.2) is 9.55 Å². The summed E-state index contributed by atoms with van der Waals surface area (Å²) in [6, 6.07) is 15.7. The molecule has 0 bridgehead atoms. The zero-order valence-electron chi connectivity index (χ0n) is 13.9. The maximum Gasteiger partial charge on any atom is 0.177 e. The van der Waals surface area contributed by atoms with E-state index in [0.717, 1.165) is 21.7 Å². The van der Waals surface area contributed by atoms with E-state index in [4.69, 9.17) is 23.2 Å². The van der Waals surface area contributed by atoms with Gasteiger partial charge in [0.2, 0.25) is 0 Å². The summed E-state index contributed by atoms with van der Waals surface area (Å²) in [6.07, 6.45) is 1.89. The lowest BCUT2D eigenvalue weighted by molar-refractivity contribution is 0.555. The van der Waals surface area contributed by atoms with Gasteiger partial charge in [-0.3, -0.25) is 0 Å². The Labute approximate surface area is 166 Å². The molecule has 130 valence electrons. The largest absolute Gasteiger partial charge is 0.373 e. The van der Waals surface area contributed by atoms with Crippen LogP contribution in [0.15, 0.2) is 59.5 Å². The fraction of sp³-hybridized carbons (Fsp3) is 0.211. The van der Waals surface area contributed by atoms with Crippen molar-refractivity contribution in [3.63, 3.8) is 0 Å². The number of imidazole rings is 1. The van der Waals surface area contributed by atoms with Gasteiger partial charge in [0.25, 0.3) is 0 Å². The maximum atomic E-state index is 6.14. The molecule has 0 radical (unpaired) electrons. The molecule has 6 heteroatoms. The Hall–Kier alpha value is -1.49. The molecule has 1 aromatic heterocycles. The number of nitrogens with zero attached hydrogens (tertiary/aromatic N) is 2. The van der Waals surface area contributed by atoms with Crippen LogP contribution in [0.5, 0.6) is 0 Å². The van der Waals surface area contributed by atoms with Gasteiger partial charge in [0.15, 0.2) is 4.73 Å². The predicted octanol–water partition coefficient (Wildman–Crippen LogP) is 6.73. The average molecular weight is 439 g/mol. The molecule has 2 aromatic carbocycles. The van der Waals surface area contributed by atoms with Crippen molar-refractivity contribution in [2.75, 3.05) is 5.32 Å². The highest BCUT2D eigenvalue weighted by atomic mass is 79.9. The minimum Gasteiger partial charge on any atom is -0.373 e. The summed E-state index contributed by atoms with van der Waals surface area (Å²) < 4.78 is 2.97. The van der Waals surface area contributed by atoms with Crippen molar-refractivity contribution >= 4 is 44.8 Å². The van der Waals surface area contributed by atoms with E-state index in [9.17, 15) is 0 Å². The van der Waals surface area contributed by atoms with Crippen molar-refractivity contribution in [1.82, 2.24) is 9.55 Å². The van der Waals surface area contributed by atoms with Gasteiger partial charge >= 0.3 is 0 Å². The average Bonchev–Trinajstić information content (AvgIpc) is 2.95. The summed E-state index contributed by atoms with van der Waals surface area (Å²) in [7, 11) is 0. The normalized spacial score (nSPS) is 12.4. The third-order valence-corrected chi connectivity index (χ3v) is 5.01. The summed E-state index contributed by atoms with van der Waals surface area (Å²) in [5.41, 5.74) is 3.10. The lowest BCUT2D eigenvalue weighted by atomic mass is 10.0. The van der Waals surface area contributed by atoms with Gasteiger partial charge in [-0.2, -0.15) is 0 Å². The number of aromatic nitrogens is 2. The molecule has 0 spiro atoms. The van der Waals surface area contributed by atoms with Crippen LogP contribution in [0.4, 0.5) is 5.69 Å². The zero-order chi connectivity index (χ0) is 18.0. The van der Waals surface area contributed by atoms with Crippen molar-refractivity contribution in [2.45, 2.75) is 25.9 Å². The molecule has 25 heavy (non-hydrogen) atoms. The van der Waals surface area contributed by atoms with E-state index < -0.39 is 0 Å². The van der Waals surface area contributed by atoms with Crippen LogP contribution < -0.4 is 5.32 Å². The van der Waals surface area contributed by atoms with Crippen LogP contribution in [0, 0.1) is 0 Å². The predicted molar refractivity (Wildman–Crippen MR) is 109 cm³/mol. The Morgan fingerprint density at radius 1 is 1.04 bits per heavy atom. The molecule has 0 saturated carbocycles. The van der Waals surface area contributed by atoms with Crippen molar-refractivity contribution in [2.24, 2.45) is 0 Å². The first-order valence-electron chi connectivity index (χ1n) is 7.96. The quantitative estimate of drug-likeness (QED) is 0.478. The molecule has 0 saturated heterocycles. The Bertz CT molecular complexity index is 859. The highest BCUT2D eigenvalue weighted by Crippen LogP contribution is 2.32. The Morgan fingerprint density at radius 2 is 1.76 bits per heavy atom. The second-order valence-electron chi connectivity index (χ2n) is 6.06. The van der Waals surface area contributed by atoms with Crippen LogP contribution in [0.3, 0.4) is 0 Å². The van der Waals surface area contributed by atoms with E-state index in [1.807, 2.05) is 54.7 Å². The number of rotatable bonds is 5. The Balaban J connectivity index is 2.07. The van der Waals surface area contributed by atoms with Crippen molar-refractivity contribution in [3.8, 4) is 0 Å². The number of hydrogen-bond donors (Lipinski definition) is 1. The molecule has 1 unspecified atom stereocenters. The highest BCUT2D eigenvalue weighted by Gasteiger charge is 2.22. The van der Waals surface area contributed by atoms with E-state index in [2.05, 4.69) is 44.6 Å². The van der Waals surface area contributed by atoms with Gasteiger partial charge in [-0.25, -0.2) is 4.98 Å². The molecule has 3 rings (SSSR count). The third-order valence-electron chi connectivity index (χ3n) is 3.93. The molecule has 0 aliphatic rings. The van der Waals surface area contributed by atoms with Crippen LogP contribution in [0.1, 0.15) is 37.2 Å². The van der Waals surface area contributed by atoms with Crippen molar-refractivity contribution in [3.05, 3.63) is 80.8 Å². The number of nitrogens with one attached hydrogen (secondary N) is 1. The van der Waals surface area contributed by atoms with Crippen LogP contribution in [0.25, 0.3) is 0 Å². The Kier molecular flexibility index (Phi) is 5.72. The molecular formula is C19H18BrCl2N3. The Morgan fingerprint density at radius 3 is 2.40 bits per heavy atom. The zero-order valence-corrected chi connectivity index (χ0v) is 17.0. The standard InChI is InChI=1S/C19H18BrCl2N3/c1-12(2)25-17(11-23-19(25)20)18(13-6-8-14(21)9-7-13)24-16-5-3-4-15(22)10-16/h3-12,18,24H,1-2H3. The second-order valence-corrected chi connectivity index (χ2v) is 7.64. The molecule has 3 aromatic rings. The molecule has 0 amide bonds. The monoisotopic (exact) mass is 437 g/mol. The van der Waals surface area contributed by atoms with Gasteiger partial charge in [-0.15, -0.1) is 0 Å². The molecule has 1 atom stereocenters. The molecule has 1 N–H and O–H groups in total. The molecular weight excluding hydrogens is 421 g/mol. The summed E-state index contributed by atoms with van der Waals surface area (Å²) in [4.78, 5) is 4.45. The summed E-state index contributed by atoms with van der Waals surface area (Å²) >= 11 is 15.8. The number of anilines is 1. The van der Waals surface area contributed by atoms with Crippen LogP contribution >= 0.6 is 39.1 Å². The molecule has 0 aliphatic heterocycles. The lowest BCUT2D eigenvalue weighted by Gasteiger charge is -2.24. The second kappa shape index (κ2) is 7.81. The molecule has 0 aliphatic carbocycles. The first-order chi connectivity index (χ1) is 12.0. The summed E-state index contributed by atoms with van der Waals surface area (Å²) in [5, 5.41) is 4.98. The smallest absolute Gasteiger partial charge is 0.177 e.